The van der Waals surface area contributed by atoms with Crippen molar-refractivity contribution >= 4 is 11.9 Å². The second-order valence-corrected chi connectivity index (χ2v) is 6.34. The summed E-state index contributed by atoms with van der Waals surface area (Å²) in [6.45, 7) is 5.70. The molecule has 0 aliphatic carbocycles. The molecule has 1 aliphatic rings. The van der Waals surface area contributed by atoms with E-state index in [0.717, 1.165) is 32.6 Å². The summed E-state index contributed by atoms with van der Waals surface area (Å²) < 4.78 is 0. The molecule has 0 spiro atoms. The molecule has 1 heterocycles. The van der Waals surface area contributed by atoms with Crippen molar-refractivity contribution in [3.63, 3.8) is 0 Å². The number of nitrogens with one attached hydrogen (secondary N) is 1. The van der Waals surface area contributed by atoms with Crippen molar-refractivity contribution in [3.05, 3.63) is 35.9 Å². The molecule has 0 radical (unpaired) electrons. The van der Waals surface area contributed by atoms with E-state index >= 15 is 0 Å². The Kier molecular flexibility index (Phi) is 6.12. The normalized spacial score (nSPS) is 19.7. The van der Waals surface area contributed by atoms with Gasteiger partial charge in [0, 0.05) is 19.6 Å². The van der Waals surface area contributed by atoms with E-state index in [9.17, 15) is 9.59 Å². The first-order chi connectivity index (χ1) is 11.0. The standard InChI is InChI=1S/C17H26N4O2/c1-13(16(22)19-17(18)23)20(2)10-15-8-9-21(12-15)11-14-6-4-3-5-7-14/h3-7,13,15H,8-12H2,1-2H3,(H3,18,19,22,23)/t13-,15+/m0/s1. The maximum atomic E-state index is 11.8. The fraction of sp³-hybridized carbons (Fsp3) is 0.529. The van der Waals surface area contributed by atoms with Crippen LogP contribution >= 0.6 is 0 Å². The highest BCUT2D eigenvalue weighted by molar-refractivity contribution is 5.96. The van der Waals surface area contributed by atoms with Crippen LogP contribution in [-0.4, -0.2) is 54.5 Å². The van der Waals surface area contributed by atoms with Gasteiger partial charge < -0.3 is 5.73 Å². The van der Waals surface area contributed by atoms with Crippen molar-refractivity contribution in [1.82, 2.24) is 15.1 Å². The fourth-order valence-corrected chi connectivity index (χ4v) is 3.04. The van der Waals surface area contributed by atoms with Gasteiger partial charge in [-0.2, -0.15) is 0 Å². The van der Waals surface area contributed by atoms with Gasteiger partial charge in [0.1, 0.15) is 0 Å². The van der Waals surface area contributed by atoms with Crippen LogP contribution < -0.4 is 11.1 Å². The molecule has 126 valence electrons. The van der Waals surface area contributed by atoms with Crippen LogP contribution in [0.1, 0.15) is 18.9 Å². The van der Waals surface area contributed by atoms with Gasteiger partial charge in [-0.05, 0) is 38.4 Å². The second kappa shape index (κ2) is 8.08. The van der Waals surface area contributed by atoms with Crippen molar-refractivity contribution in [2.24, 2.45) is 11.7 Å². The van der Waals surface area contributed by atoms with Crippen LogP contribution in [0.3, 0.4) is 0 Å². The Morgan fingerprint density at radius 2 is 2.09 bits per heavy atom. The Balaban J connectivity index is 1.78. The number of benzene rings is 1. The number of nitrogens with zero attached hydrogens (tertiary/aromatic N) is 2. The van der Waals surface area contributed by atoms with E-state index in [2.05, 4.69) is 34.5 Å². The maximum Gasteiger partial charge on any atom is 0.318 e. The predicted molar refractivity (Wildman–Crippen MR) is 89.6 cm³/mol. The molecular weight excluding hydrogens is 292 g/mol. The predicted octanol–water partition coefficient (Wildman–Crippen LogP) is 1.02. The van der Waals surface area contributed by atoms with Crippen LogP contribution in [0, 0.1) is 5.92 Å². The zero-order valence-electron chi connectivity index (χ0n) is 13.9. The number of likely N-dealkylation sites (tertiary alicyclic amines) is 1. The van der Waals surface area contributed by atoms with Crippen LogP contribution in [0.4, 0.5) is 4.79 Å². The SMILES string of the molecule is C[C@@H](C(=O)NC(N)=O)N(C)C[C@H]1CCN(Cc2ccccc2)C1. The Bertz CT molecular complexity index is 535. The topological polar surface area (TPSA) is 78.7 Å². The molecule has 1 aliphatic heterocycles. The Morgan fingerprint density at radius 3 is 2.74 bits per heavy atom. The van der Waals surface area contributed by atoms with Gasteiger partial charge in [-0.1, -0.05) is 30.3 Å². The number of hydrogen-bond acceptors (Lipinski definition) is 4. The number of nitrogens with two attached hydrogens (primary N) is 1. The Morgan fingerprint density at radius 1 is 1.39 bits per heavy atom. The van der Waals surface area contributed by atoms with E-state index in [1.165, 1.54) is 5.56 Å². The van der Waals surface area contributed by atoms with Gasteiger partial charge in [0.25, 0.3) is 0 Å². The first-order valence-electron chi connectivity index (χ1n) is 8.02. The minimum Gasteiger partial charge on any atom is -0.351 e. The van der Waals surface area contributed by atoms with Crippen molar-refractivity contribution in [1.29, 1.82) is 0 Å². The summed E-state index contributed by atoms with van der Waals surface area (Å²) >= 11 is 0. The first kappa shape index (κ1) is 17.4. The molecule has 2 rings (SSSR count). The first-order valence-corrected chi connectivity index (χ1v) is 8.02. The lowest BCUT2D eigenvalue weighted by atomic mass is 10.1. The summed E-state index contributed by atoms with van der Waals surface area (Å²) in [5.41, 5.74) is 6.32. The van der Waals surface area contributed by atoms with Crippen molar-refractivity contribution in [2.75, 3.05) is 26.7 Å². The highest BCUT2D eigenvalue weighted by Crippen LogP contribution is 2.20. The van der Waals surface area contributed by atoms with Crippen LogP contribution in [0.5, 0.6) is 0 Å². The van der Waals surface area contributed by atoms with Crippen LogP contribution in [0.25, 0.3) is 0 Å². The van der Waals surface area contributed by atoms with E-state index in [4.69, 9.17) is 5.73 Å². The van der Waals surface area contributed by atoms with E-state index in [1.54, 1.807) is 6.92 Å². The van der Waals surface area contributed by atoms with E-state index < -0.39 is 6.03 Å². The molecule has 0 bridgehead atoms. The van der Waals surface area contributed by atoms with E-state index in [1.807, 2.05) is 18.0 Å². The maximum absolute atomic E-state index is 11.8. The molecule has 23 heavy (non-hydrogen) atoms. The monoisotopic (exact) mass is 318 g/mol. The van der Waals surface area contributed by atoms with Gasteiger partial charge in [-0.3, -0.25) is 19.9 Å². The van der Waals surface area contributed by atoms with Gasteiger partial charge >= 0.3 is 6.03 Å². The smallest absolute Gasteiger partial charge is 0.318 e. The van der Waals surface area contributed by atoms with E-state index in [0.29, 0.717) is 5.92 Å². The lowest BCUT2D eigenvalue weighted by molar-refractivity contribution is -0.124. The Hall–Kier alpha value is -1.92. The molecule has 6 nitrogen and oxygen atoms in total. The molecule has 1 saturated heterocycles. The number of carbonyl (C=O) groups excluding carboxylic acids is 2. The molecule has 0 saturated carbocycles. The number of carbonyl (C=O) groups is 2. The second-order valence-electron chi connectivity index (χ2n) is 6.34. The van der Waals surface area contributed by atoms with Gasteiger partial charge in [0.15, 0.2) is 0 Å². The molecule has 1 fully saturated rings. The largest absolute Gasteiger partial charge is 0.351 e. The number of imide groups is 1. The average molecular weight is 318 g/mol. The summed E-state index contributed by atoms with van der Waals surface area (Å²) in [4.78, 5) is 27.0. The highest BCUT2D eigenvalue weighted by atomic mass is 16.2. The molecule has 0 unspecified atom stereocenters. The van der Waals surface area contributed by atoms with E-state index in [-0.39, 0.29) is 11.9 Å². The average Bonchev–Trinajstić information content (AvgIpc) is 2.93. The number of likely N-dealkylation sites (N-methyl/N-ethyl adjacent to an activating group) is 1. The van der Waals surface area contributed by atoms with Crippen LogP contribution in [-0.2, 0) is 11.3 Å². The van der Waals surface area contributed by atoms with Gasteiger partial charge in [-0.15, -0.1) is 0 Å². The van der Waals surface area contributed by atoms with Gasteiger partial charge in [0.05, 0.1) is 6.04 Å². The van der Waals surface area contributed by atoms with Gasteiger partial charge in [-0.25, -0.2) is 4.79 Å². The number of urea groups is 1. The van der Waals surface area contributed by atoms with Gasteiger partial charge in [0.2, 0.25) is 5.91 Å². The molecule has 3 amide bonds. The highest BCUT2D eigenvalue weighted by Gasteiger charge is 2.27. The summed E-state index contributed by atoms with van der Waals surface area (Å²) in [6, 6.07) is 9.29. The molecule has 3 N–H and O–H groups in total. The Labute approximate surface area is 137 Å². The quantitative estimate of drug-likeness (QED) is 0.821. The number of rotatable bonds is 6. The summed E-state index contributed by atoms with van der Waals surface area (Å²) in [5, 5.41) is 2.14. The zero-order chi connectivity index (χ0) is 16.8. The third-order valence-corrected chi connectivity index (χ3v) is 4.45. The van der Waals surface area contributed by atoms with Crippen LogP contribution in [0.2, 0.25) is 0 Å². The summed E-state index contributed by atoms with van der Waals surface area (Å²) in [6.07, 6.45) is 1.13. The van der Waals surface area contributed by atoms with Crippen LogP contribution in [0.15, 0.2) is 30.3 Å². The zero-order valence-corrected chi connectivity index (χ0v) is 13.9. The van der Waals surface area contributed by atoms with Crippen molar-refractivity contribution < 1.29 is 9.59 Å². The molecule has 2 atom stereocenters. The van der Waals surface area contributed by atoms with Crippen molar-refractivity contribution in [2.45, 2.75) is 25.9 Å². The molecular formula is C17H26N4O2. The minimum absolute atomic E-state index is 0.348. The molecule has 1 aromatic carbocycles. The number of hydrogen-bond donors (Lipinski definition) is 2. The third-order valence-electron chi connectivity index (χ3n) is 4.45. The number of primary amides is 1. The number of amides is 3. The molecule has 6 heteroatoms. The third kappa shape index (κ3) is 5.33. The summed E-state index contributed by atoms with van der Waals surface area (Å²) in [7, 11) is 1.91. The molecule has 1 aromatic rings. The van der Waals surface area contributed by atoms with Crippen molar-refractivity contribution in [3.8, 4) is 0 Å². The fourth-order valence-electron chi connectivity index (χ4n) is 3.04. The lowest BCUT2D eigenvalue weighted by Gasteiger charge is -2.26. The summed E-state index contributed by atoms with van der Waals surface area (Å²) in [5.74, 6) is 0.187. The molecule has 0 aromatic heterocycles. The minimum atomic E-state index is -0.801. The lowest BCUT2D eigenvalue weighted by Crippen LogP contribution is -2.48.